The van der Waals surface area contributed by atoms with Crippen molar-refractivity contribution in [2.24, 2.45) is 11.1 Å². The van der Waals surface area contributed by atoms with Crippen molar-refractivity contribution in [3.05, 3.63) is 29.6 Å². The lowest BCUT2D eigenvalue weighted by molar-refractivity contribution is 0.0696. The maximum Gasteiger partial charge on any atom is 0.337 e. The number of carbonyl (C=O) groups is 2. The van der Waals surface area contributed by atoms with E-state index >= 15 is 0 Å². The molecule has 0 aromatic carbocycles. The van der Waals surface area contributed by atoms with Gasteiger partial charge in [0, 0.05) is 17.7 Å². The highest BCUT2D eigenvalue weighted by atomic mass is 16.4. The molecule has 2 atom stereocenters. The zero-order valence-electron chi connectivity index (χ0n) is 13.5. The second-order valence-corrected chi connectivity index (χ2v) is 6.77. The van der Waals surface area contributed by atoms with Crippen molar-refractivity contribution in [2.45, 2.75) is 38.8 Å². The molecule has 0 saturated heterocycles. The van der Waals surface area contributed by atoms with E-state index in [9.17, 15) is 19.8 Å². The van der Waals surface area contributed by atoms with Gasteiger partial charge in [0.15, 0.2) is 0 Å². The number of hydrogen-bond acceptors (Lipinski definition) is 5. The summed E-state index contributed by atoms with van der Waals surface area (Å²) < 4.78 is 1.40. The summed E-state index contributed by atoms with van der Waals surface area (Å²) in [6, 6.07) is 1.36. The molecular formula is C16H20N4O4. The Balaban J connectivity index is 2.11. The number of carboxylic acids is 1. The van der Waals surface area contributed by atoms with Crippen LogP contribution in [0.5, 0.6) is 0 Å². The first-order valence-corrected chi connectivity index (χ1v) is 7.71. The van der Waals surface area contributed by atoms with Crippen LogP contribution in [0.4, 0.5) is 5.69 Å². The van der Waals surface area contributed by atoms with E-state index in [0.717, 1.165) is 6.42 Å². The number of anilines is 1. The van der Waals surface area contributed by atoms with Crippen molar-refractivity contribution in [1.29, 1.82) is 0 Å². The predicted molar refractivity (Wildman–Crippen MR) is 87.1 cm³/mol. The standard InChI is InChI=1S/C16H20N4O4/c1-16(2)11(3-4-12(16)21)19-13-9(14(17)22)6-18-20-7-8(15(23)24)5-10(13)20/h5-7,11-12,19,21H,3-4H2,1-2H3,(H2,17,22)(H,23,24)/t11-,12-/m0/s1. The van der Waals surface area contributed by atoms with Crippen LogP contribution in [-0.2, 0) is 0 Å². The highest BCUT2D eigenvalue weighted by Crippen LogP contribution is 2.40. The van der Waals surface area contributed by atoms with E-state index in [1.54, 1.807) is 0 Å². The van der Waals surface area contributed by atoms with Gasteiger partial charge >= 0.3 is 5.97 Å². The van der Waals surface area contributed by atoms with Crippen LogP contribution in [0, 0.1) is 5.41 Å². The number of carbonyl (C=O) groups excluding carboxylic acids is 1. The van der Waals surface area contributed by atoms with Crippen molar-refractivity contribution in [1.82, 2.24) is 9.61 Å². The van der Waals surface area contributed by atoms with Gasteiger partial charge in [-0.3, -0.25) is 4.79 Å². The third-order valence-electron chi connectivity index (χ3n) is 4.95. The Morgan fingerprint density at radius 1 is 1.42 bits per heavy atom. The summed E-state index contributed by atoms with van der Waals surface area (Å²) >= 11 is 0. The lowest BCUT2D eigenvalue weighted by Gasteiger charge is -2.32. The summed E-state index contributed by atoms with van der Waals surface area (Å²) in [5.74, 6) is -1.73. The predicted octanol–water partition coefficient (Wildman–Crippen LogP) is 1.09. The third-order valence-corrected chi connectivity index (χ3v) is 4.95. The molecule has 0 bridgehead atoms. The monoisotopic (exact) mass is 332 g/mol. The summed E-state index contributed by atoms with van der Waals surface area (Å²) in [6.07, 6.45) is 3.63. The van der Waals surface area contributed by atoms with Crippen LogP contribution in [0.3, 0.4) is 0 Å². The number of primary amides is 1. The highest BCUT2D eigenvalue weighted by molar-refractivity contribution is 6.03. The molecular weight excluding hydrogens is 312 g/mol. The lowest BCUT2D eigenvalue weighted by atomic mass is 9.85. The number of hydrogen-bond donors (Lipinski definition) is 4. The number of aliphatic hydroxyl groups is 1. The van der Waals surface area contributed by atoms with Gasteiger partial charge in [0.1, 0.15) is 0 Å². The van der Waals surface area contributed by atoms with Gasteiger partial charge in [0.25, 0.3) is 5.91 Å². The highest BCUT2D eigenvalue weighted by Gasteiger charge is 2.42. The van der Waals surface area contributed by atoms with Crippen LogP contribution >= 0.6 is 0 Å². The maximum absolute atomic E-state index is 11.8. The number of aromatic nitrogens is 2. The van der Waals surface area contributed by atoms with Crippen molar-refractivity contribution in [3.8, 4) is 0 Å². The fraction of sp³-hybridized carbons (Fsp3) is 0.438. The first-order valence-electron chi connectivity index (χ1n) is 7.71. The molecule has 8 nitrogen and oxygen atoms in total. The zero-order chi connectivity index (χ0) is 17.6. The summed E-state index contributed by atoms with van der Waals surface area (Å²) in [7, 11) is 0. The Bertz CT molecular complexity index is 827. The molecule has 1 aliphatic carbocycles. The molecule has 2 heterocycles. The summed E-state index contributed by atoms with van der Waals surface area (Å²) in [5, 5.41) is 26.7. The normalized spacial score (nSPS) is 22.6. The molecule has 2 aromatic heterocycles. The first kappa shape index (κ1) is 16.3. The fourth-order valence-electron chi connectivity index (χ4n) is 3.25. The van der Waals surface area contributed by atoms with E-state index in [2.05, 4.69) is 10.4 Å². The molecule has 3 rings (SSSR count). The van der Waals surface area contributed by atoms with Crippen LogP contribution in [0.1, 0.15) is 47.4 Å². The molecule has 1 fully saturated rings. The van der Waals surface area contributed by atoms with Crippen LogP contribution in [0.25, 0.3) is 5.52 Å². The molecule has 0 aliphatic heterocycles. The minimum absolute atomic E-state index is 0.0675. The minimum Gasteiger partial charge on any atom is -0.478 e. The second kappa shape index (κ2) is 5.48. The van der Waals surface area contributed by atoms with Gasteiger partial charge < -0.3 is 21.3 Å². The summed E-state index contributed by atoms with van der Waals surface area (Å²) in [6.45, 7) is 3.90. The molecule has 0 unspecified atom stereocenters. The van der Waals surface area contributed by atoms with Crippen LogP contribution in [0.15, 0.2) is 18.5 Å². The first-order chi connectivity index (χ1) is 11.2. The fourth-order valence-corrected chi connectivity index (χ4v) is 3.25. The van der Waals surface area contributed by atoms with Gasteiger partial charge in [-0.05, 0) is 18.9 Å². The minimum atomic E-state index is -1.08. The molecule has 1 amide bonds. The third kappa shape index (κ3) is 2.48. The average molecular weight is 332 g/mol. The average Bonchev–Trinajstić information content (AvgIpc) is 3.04. The van der Waals surface area contributed by atoms with Gasteiger partial charge in [0.2, 0.25) is 0 Å². The topological polar surface area (TPSA) is 130 Å². The molecule has 8 heteroatoms. The van der Waals surface area contributed by atoms with Crippen molar-refractivity contribution in [2.75, 3.05) is 5.32 Å². The Morgan fingerprint density at radius 3 is 2.67 bits per heavy atom. The quantitative estimate of drug-likeness (QED) is 0.663. The van der Waals surface area contributed by atoms with E-state index in [1.807, 2.05) is 13.8 Å². The number of nitrogens with one attached hydrogen (secondary N) is 1. The van der Waals surface area contributed by atoms with Gasteiger partial charge in [-0.1, -0.05) is 13.8 Å². The van der Waals surface area contributed by atoms with Gasteiger partial charge in [0.05, 0.1) is 34.6 Å². The van der Waals surface area contributed by atoms with E-state index in [1.165, 1.54) is 23.0 Å². The number of carboxylic acid groups (broad SMARTS) is 1. The van der Waals surface area contributed by atoms with Crippen LogP contribution < -0.4 is 11.1 Å². The zero-order valence-corrected chi connectivity index (χ0v) is 13.5. The molecule has 0 spiro atoms. The molecule has 128 valence electrons. The number of aliphatic hydroxyl groups excluding tert-OH is 1. The molecule has 1 aliphatic rings. The van der Waals surface area contributed by atoms with Crippen LogP contribution in [-0.4, -0.2) is 43.8 Å². The van der Waals surface area contributed by atoms with Crippen molar-refractivity contribution in [3.63, 3.8) is 0 Å². The van der Waals surface area contributed by atoms with Gasteiger partial charge in [-0.2, -0.15) is 5.10 Å². The Labute approximate surface area is 138 Å². The van der Waals surface area contributed by atoms with E-state index in [-0.39, 0.29) is 17.2 Å². The van der Waals surface area contributed by atoms with E-state index in [4.69, 9.17) is 5.73 Å². The van der Waals surface area contributed by atoms with E-state index < -0.39 is 23.4 Å². The number of rotatable bonds is 4. The Morgan fingerprint density at radius 2 is 2.12 bits per heavy atom. The van der Waals surface area contributed by atoms with Crippen LogP contribution in [0.2, 0.25) is 0 Å². The SMILES string of the molecule is CC1(C)[C@@H](Nc2c(C(N)=O)cnn3cc(C(=O)O)cc23)CC[C@@H]1O. The molecule has 0 radical (unpaired) electrons. The largest absolute Gasteiger partial charge is 0.478 e. The maximum atomic E-state index is 11.8. The second-order valence-electron chi connectivity index (χ2n) is 6.77. The van der Waals surface area contributed by atoms with Gasteiger partial charge in [-0.25, -0.2) is 9.31 Å². The van der Waals surface area contributed by atoms with Crippen molar-refractivity contribution < 1.29 is 19.8 Å². The number of nitrogens with two attached hydrogens (primary N) is 1. The van der Waals surface area contributed by atoms with Crippen molar-refractivity contribution >= 4 is 23.1 Å². The number of aromatic carboxylic acids is 1. The Kier molecular flexibility index (Phi) is 3.71. The summed E-state index contributed by atoms with van der Waals surface area (Å²) in [5.41, 5.74) is 6.21. The van der Waals surface area contributed by atoms with E-state index in [0.29, 0.717) is 17.6 Å². The molecule has 24 heavy (non-hydrogen) atoms. The van der Waals surface area contributed by atoms with Gasteiger partial charge in [-0.15, -0.1) is 0 Å². The smallest absolute Gasteiger partial charge is 0.337 e. The number of fused-ring (bicyclic) bond motifs is 1. The summed E-state index contributed by atoms with van der Waals surface area (Å²) in [4.78, 5) is 23.0. The number of amides is 1. The molecule has 1 saturated carbocycles. The number of nitrogens with zero attached hydrogens (tertiary/aromatic N) is 2. The molecule has 2 aromatic rings. The molecule has 5 N–H and O–H groups in total. The Hall–Kier alpha value is -2.61. The lowest BCUT2D eigenvalue weighted by Crippen LogP contribution is -2.38.